The Hall–Kier alpha value is -0.840. The van der Waals surface area contributed by atoms with Crippen LogP contribution in [0.3, 0.4) is 0 Å². The summed E-state index contributed by atoms with van der Waals surface area (Å²) in [4.78, 5) is 0. The van der Waals surface area contributed by atoms with Gasteiger partial charge in [-0.05, 0) is 48.4 Å². The fourth-order valence-corrected chi connectivity index (χ4v) is 3.25. The molecule has 0 fully saturated rings. The SMILES string of the molecule is C[C@@H](NCC1Cc2cc(Br)ccc2O1)c1ccc(Br)cc1. The standard InChI is InChI=1S/C17H17Br2NO/c1-11(12-2-4-14(18)5-3-12)20-10-16-9-13-8-15(19)6-7-17(13)21-16/h2-8,11,16,20H,9-10H2,1H3/t11-,16?/m1/s1. The average Bonchev–Trinajstić information content (AvgIpc) is 2.87. The molecule has 0 radical (unpaired) electrons. The second-order valence-electron chi connectivity index (χ2n) is 5.38. The van der Waals surface area contributed by atoms with Gasteiger partial charge in [0.15, 0.2) is 0 Å². The normalized spacial score (nSPS) is 18.1. The third kappa shape index (κ3) is 3.68. The lowest BCUT2D eigenvalue weighted by Gasteiger charge is -2.17. The molecule has 4 heteroatoms. The Morgan fingerprint density at radius 1 is 1.14 bits per heavy atom. The van der Waals surface area contributed by atoms with E-state index < -0.39 is 0 Å². The molecule has 1 aliphatic rings. The minimum absolute atomic E-state index is 0.215. The van der Waals surface area contributed by atoms with Gasteiger partial charge in [0.25, 0.3) is 0 Å². The molecule has 1 heterocycles. The minimum atomic E-state index is 0.215. The summed E-state index contributed by atoms with van der Waals surface area (Å²) in [5.41, 5.74) is 2.57. The molecule has 0 aliphatic carbocycles. The molecule has 0 bridgehead atoms. The highest BCUT2D eigenvalue weighted by molar-refractivity contribution is 9.10. The van der Waals surface area contributed by atoms with Gasteiger partial charge >= 0.3 is 0 Å². The van der Waals surface area contributed by atoms with Crippen molar-refractivity contribution in [1.29, 1.82) is 0 Å². The first-order chi connectivity index (χ1) is 10.1. The van der Waals surface area contributed by atoms with Crippen LogP contribution >= 0.6 is 31.9 Å². The van der Waals surface area contributed by atoms with E-state index in [0.29, 0.717) is 6.04 Å². The van der Waals surface area contributed by atoms with Crippen molar-refractivity contribution >= 4 is 31.9 Å². The van der Waals surface area contributed by atoms with E-state index in [1.165, 1.54) is 11.1 Å². The molecule has 0 aromatic heterocycles. The molecule has 0 saturated heterocycles. The van der Waals surface area contributed by atoms with E-state index in [2.05, 4.69) is 74.4 Å². The summed E-state index contributed by atoms with van der Waals surface area (Å²) in [5.74, 6) is 1.02. The Balaban J connectivity index is 1.56. The Labute approximate surface area is 142 Å². The predicted molar refractivity (Wildman–Crippen MR) is 92.8 cm³/mol. The van der Waals surface area contributed by atoms with Crippen LogP contribution in [0.15, 0.2) is 51.4 Å². The first-order valence-corrected chi connectivity index (χ1v) is 8.64. The van der Waals surface area contributed by atoms with Gasteiger partial charge in [-0.25, -0.2) is 0 Å². The van der Waals surface area contributed by atoms with Crippen LogP contribution in [-0.2, 0) is 6.42 Å². The number of benzene rings is 2. The summed E-state index contributed by atoms with van der Waals surface area (Å²) in [7, 11) is 0. The summed E-state index contributed by atoms with van der Waals surface area (Å²) < 4.78 is 8.20. The largest absolute Gasteiger partial charge is 0.488 e. The summed E-state index contributed by atoms with van der Waals surface area (Å²) in [6.07, 6.45) is 1.18. The van der Waals surface area contributed by atoms with E-state index in [4.69, 9.17) is 4.74 Å². The molecule has 0 amide bonds. The monoisotopic (exact) mass is 409 g/mol. The molecule has 1 N–H and O–H groups in total. The number of fused-ring (bicyclic) bond motifs is 1. The van der Waals surface area contributed by atoms with E-state index in [1.54, 1.807) is 0 Å². The quantitative estimate of drug-likeness (QED) is 0.776. The van der Waals surface area contributed by atoms with Gasteiger partial charge in [-0.15, -0.1) is 0 Å². The Morgan fingerprint density at radius 3 is 2.62 bits per heavy atom. The first-order valence-electron chi connectivity index (χ1n) is 7.06. The highest BCUT2D eigenvalue weighted by atomic mass is 79.9. The third-order valence-corrected chi connectivity index (χ3v) is 4.81. The zero-order valence-corrected chi connectivity index (χ0v) is 14.9. The van der Waals surface area contributed by atoms with Crippen molar-refractivity contribution < 1.29 is 4.74 Å². The molecular weight excluding hydrogens is 394 g/mol. The van der Waals surface area contributed by atoms with Crippen LogP contribution in [0.5, 0.6) is 5.75 Å². The summed E-state index contributed by atoms with van der Waals surface area (Å²) in [6, 6.07) is 15.0. The van der Waals surface area contributed by atoms with Gasteiger partial charge < -0.3 is 10.1 Å². The van der Waals surface area contributed by atoms with Crippen molar-refractivity contribution in [2.45, 2.75) is 25.5 Å². The Kier molecular flexibility index (Phi) is 4.67. The lowest BCUT2D eigenvalue weighted by Crippen LogP contribution is -2.31. The fraction of sp³-hybridized carbons (Fsp3) is 0.294. The van der Waals surface area contributed by atoms with E-state index in [9.17, 15) is 0 Å². The van der Waals surface area contributed by atoms with Gasteiger partial charge in [0.2, 0.25) is 0 Å². The highest BCUT2D eigenvalue weighted by Gasteiger charge is 2.23. The van der Waals surface area contributed by atoms with E-state index in [1.807, 2.05) is 12.1 Å². The van der Waals surface area contributed by atoms with Crippen LogP contribution in [0.25, 0.3) is 0 Å². The molecule has 1 unspecified atom stereocenters. The maximum Gasteiger partial charge on any atom is 0.123 e. The van der Waals surface area contributed by atoms with Crippen molar-refractivity contribution in [1.82, 2.24) is 5.32 Å². The zero-order chi connectivity index (χ0) is 14.8. The molecular formula is C17H17Br2NO. The van der Waals surface area contributed by atoms with Gasteiger partial charge in [0, 0.05) is 28.0 Å². The van der Waals surface area contributed by atoms with E-state index >= 15 is 0 Å². The second-order valence-corrected chi connectivity index (χ2v) is 7.21. The molecule has 3 rings (SSSR count). The summed E-state index contributed by atoms with van der Waals surface area (Å²) in [5, 5.41) is 3.56. The average molecular weight is 411 g/mol. The topological polar surface area (TPSA) is 21.3 Å². The fourth-order valence-electron chi connectivity index (χ4n) is 2.58. The molecule has 0 spiro atoms. The number of hydrogen-bond donors (Lipinski definition) is 1. The van der Waals surface area contributed by atoms with Crippen LogP contribution in [0.2, 0.25) is 0 Å². The number of ether oxygens (including phenoxy) is 1. The van der Waals surface area contributed by atoms with E-state index in [-0.39, 0.29) is 6.10 Å². The molecule has 110 valence electrons. The summed E-state index contributed by atoms with van der Waals surface area (Å²) >= 11 is 6.97. The lowest BCUT2D eigenvalue weighted by molar-refractivity contribution is 0.222. The van der Waals surface area contributed by atoms with Crippen LogP contribution in [-0.4, -0.2) is 12.6 Å². The molecule has 2 aromatic carbocycles. The molecule has 1 aliphatic heterocycles. The van der Waals surface area contributed by atoms with Crippen LogP contribution in [0.4, 0.5) is 0 Å². The number of nitrogens with one attached hydrogen (secondary N) is 1. The molecule has 21 heavy (non-hydrogen) atoms. The van der Waals surface area contributed by atoms with Crippen molar-refractivity contribution in [3.8, 4) is 5.75 Å². The van der Waals surface area contributed by atoms with Gasteiger partial charge in [-0.2, -0.15) is 0 Å². The van der Waals surface area contributed by atoms with Gasteiger partial charge in [-0.3, -0.25) is 0 Å². The Bertz CT molecular complexity index is 627. The number of rotatable bonds is 4. The van der Waals surface area contributed by atoms with Crippen LogP contribution < -0.4 is 10.1 Å². The first kappa shape index (κ1) is 15.1. The molecule has 2 atom stereocenters. The minimum Gasteiger partial charge on any atom is -0.488 e. The van der Waals surface area contributed by atoms with Crippen molar-refractivity contribution in [2.75, 3.05) is 6.54 Å². The van der Waals surface area contributed by atoms with Gasteiger partial charge in [-0.1, -0.05) is 44.0 Å². The van der Waals surface area contributed by atoms with Gasteiger partial charge in [0.1, 0.15) is 11.9 Å². The molecule has 2 aromatic rings. The van der Waals surface area contributed by atoms with Crippen LogP contribution in [0.1, 0.15) is 24.1 Å². The van der Waals surface area contributed by atoms with Gasteiger partial charge in [0.05, 0.1) is 0 Å². The zero-order valence-electron chi connectivity index (χ0n) is 11.8. The predicted octanol–water partition coefficient (Wildman–Crippen LogP) is 4.87. The third-order valence-electron chi connectivity index (χ3n) is 3.79. The smallest absolute Gasteiger partial charge is 0.123 e. The number of halogens is 2. The van der Waals surface area contributed by atoms with E-state index in [0.717, 1.165) is 27.7 Å². The Morgan fingerprint density at radius 2 is 1.86 bits per heavy atom. The van der Waals surface area contributed by atoms with Crippen molar-refractivity contribution in [2.24, 2.45) is 0 Å². The summed E-state index contributed by atoms with van der Waals surface area (Å²) in [6.45, 7) is 3.03. The lowest BCUT2D eigenvalue weighted by atomic mass is 10.1. The number of hydrogen-bond acceptors (Lipinski definition) is 2. The maximum absolute atomic E-state index is 5.98. The molecule has 0 saturated carbocycles. The van der Waals surface area contributed by atoms with Crippen molar-refractivity contribution in [3.05, 3.63) is 62.5 Å². The highest BCUT2D eigenvalue weighted by Crippen LogP contribution is 2.31. The van der Waals surface area contributed by atoms with Crippen molar-refractivity contribution in [3.63, 3.8) is 0 Å². The second kappa shape index (κ2) is 6.51. The maximum atomic E-state index is 5.98. The molecule has 2 nitrogen and oxygen atoms in total. The van der Waals surface area contributed by atoms with Crippen LogP contribution in [0, 0.1) is 0 Å².